The fourth-order valence-corrected chi connectivity index (χ4v) is 2.98. The minimum absolute atomic E-state index is 0. The van der Waals surface area contributed by atoms with E-state index in [2.05, 4.69) is 70.3 Å². The molecule has 6 heteroatoms. The summed E-state index contributed by atoms with van der Waals surface area (Å²) in [4.78, 5) is 16.9. The first-order valence-corrected chi connectivity index (χ1v) is 9.69. The van der Waals surface area contributed by atoms with Gasteiger partial charge in [-0.05, 0) is 51.0 Å². The van der Waals surface area contributed by atoms with Crippen LogP contribution in [0.4, 0.5) is 0 Å². The van der Waals surface area contributed by atoms with Gasteiger partial charge in [0.2, 0.25) is 5.91 Å². The summed E-state index contributed by atoms with van der Waals surface area (Å²) in [6.45, 7) is 11.7. The van der Waals surface area contributed by atoms with Crippen molar-refractivity contribution in [3.8, 4) is 0 Å². The van der Waals surface area contributed by atoms with Crippen LogP contribution in [0.5, 0.6) is 0 Å². The first-order valence-electron chi connectivity index (χ1n) is 9.69. The summed E-state index contributed by atoms with van der Waals surface area (Å²) in [7, 11) is 0. The summed E-state index contributed by atoms with van der Waals surface area (Å²) in [6.07, 6.45) is 0. The Morgan fingerprint density at radius 2 is 1.68 bits per heavy atom. The molecular formula is C22H33IN4O. The van der Waals surface area contributed by atoms with E-state index in [0.717, 1.165) is 12.5 Å². The molecule has 0 saturated heterocycles. The fourth-order valence-electron chi connectivity index (χ4n) is 2.98. The molecule has 0 spiro atoms. The Balaban J connectivity index is 0.00000392. The van der Waals surface area contributed by atoms with Crippen LogP contribution in [-0.2, 0) is 4.79 Å². The maximum absolute atomic E-state index is 12.2. The normalized spacial score (nSPS) is 12.8. The molecule has 154 valence electrons. The van der Waals surface area contributed by atoms with Crippen LogP contribution in [0.3, 0.4) is 0 Å². The molecule has 2 aromatic rings. The first kappa shape index (κ1) is 24.2. The fraction of sp³-hybridized carbons (Fsp3) is 0.455. The van der Waals surface area contributed by atoms with Crippen LogP contribution >= 0.6 is 24.0 Å². The Bertz CT molecular complexity index is 799. The summed E-state index contributed by atoms with van der Waals surface area (Å²) in [6, 6.07) is 14.8. The molecule has 0 aliphatic heterocycles. The van der Waals surface area contributed by atoms with Crippen LogP contribution in [0.15, 0.2) is 47.5 Å². The number of fused-ring (bicyclic) bond motifs is 1. The molecule has 1 atom stereocenters. The van der Waals surface area contributed by atoms with Crippen molar-refractivity contribution >= 4 is 46.6 Å². The summed E-state index contributed by atoms with van der Waals surface area (Å²) in [5.74, 6) is 0.738. The highest BCUT2D eigenvalue weighted by molar-refractivity contribution is 14.0. The number of halogens is 1. The van der Waals surface area contributed by atoms with Crippen LogP contribution in [0, 0.1) is 5.41 Å². The predicted octanol–water partition coefficient (Wildman–Crippen LogP) is 4.24. The molecule has 2 rings (SSSR count). The van der Waals surface area contributed by atoms with Crippen LogP contribution in [0.2, 0.25) is 0 Å². The molecule has 5 nitrogen and oxygen atoms in total. The van der Waals surface area contributed by atoms with E-state index in [4.69, 9.17) is 0 Å². The summed E-state index contributed by atoms with van der Waals surface area (Å²) < 4.78 is 0. The predicted molar refractivity (Wildman–Crippen MR) is 129 cm³/mol. The number of carbonyl (C=O) groups excluding carboxylic acids is 1. The van der Waals surface area contributed by atoms with E-state index in [9.17, 15) is 4.79 Å². The minimum Gasteiger partial charge on any atom is -0.357 e. The van der Waals surface area contributed by atoms with E-state index in [1.807, 2.05) is 27.7 Å². The molecule has 28 heavy (non-hydrogen) atoms. The zero-order chi connectivity index (χ0) is 19.9. The van der Waals surface area contributed by atoms with Crippen molar-refractivity contribution in [3.05, 3.63) is 48.0 Å². The van der Waals surface area contributed by atoms with E-state index in [0.29, 0.717) is 13.1 Å². The molecule has 0 bridgehead atoms. The molecule has 0 aliphatic rings. The van der Waals surface area contributed by atoms with Crippen molar-refractivity contribution in [2.75, 3.05) is 19.6 Å². The second-order valence-electron chi connectivity index (χ2n) is 7.37. The van der Waals surface area contributed by atoms with Crippen molar-refractivity contribution in [1.82, 2.24) is 16.0 Å². The van der Waals surface area contributed by atoms with Gasteiger partial charge in [0.1, 0.15) is 0 Å². The Labute approximate surface area is 185 Å². The number of nitrogens with zero attached hydrogens (tertiary/aromatic N) is 1. The quantitative estimate of drug-likeness (QED) is 0.305. The highest BCUT2D eigenvalue weighted by Crippen LogP contribution is 2.24. The third kappa shape index (κ3) is 6.36. The molecule has 2 aromatic carbocycles. The summed E-state index contributed by atoms with van der Waals surface area (Å²) in [5, 5.41) is 12.1. The van der Waals surface area contributed by atoms with E-state index in [-0.39, 0.29) is 35.9 Å². The lowest BCUT2D eigenvalue weighted by Crippen LogP contribution is -2.42. The van der Waals surface area contributed by atoms with Gasteiger partial charge in [-0.1, -0.05) is 42.5 Å². The zero-order valence-electron chi connectivity index (χ0n) is 17.5. The van der Waals surface area contributed by atoms with Crippen molar-refractivity contribution in [1.29, 1.82) is 0 Å². The van der Waals surface area contributed by atoms with Crippen LogP contribution in [0.1, 0.15) is 46.2 Å². The zero-order valence-corrected chi connectivity index (χ0v) is 19.8. The van der Waals surface area contributed by atoms with E-state index in [1.54, 1.807) is 0 Å². The first-order chi connectivity index (χ1) is 12.9. The number of guanidine groups is 1. The molecule has 0 aromatic heterocycles. The Morgan fingerprint density at radius 3 is 2.36 bits per heavy atom. The van der Waals surface area contributed by atoms with E-state index in [1.165, 1.54) is 16.3 Å². The van der Waals surface area contributed by atoms with Crippen LogP contribution in [-0.4, -0.2) is 31.5 Å². The lowest BCUT2D eigenvalue weighted by molar-refractivity contribution is -0.128. The average Bonchev–Trinajstić information content (AvgIpc) is 2.66. The lowest BCUT2D eigenvalue weighted by Gasteiger charge is -2.23. The number of carbonyl (C=O) groups is 1. The highest BCUT2D eigenvalue weighted by atomic mass is 127. The van der Waals surface area contributed by atoms with Crippen LogP contribution in [0.25, 0.3) is 10.8 Å². The number of rotatable bonds is 7. The number of hydrogen-bond donors (Lipinski definition) is 3. The van der Waals surface area contributed by atoms with Gasteiger partial charge < -0.3 is 16.0 Å². The lowest BCUT2D eigenvalue weighted by atomic mass is 9.92. The minimum atomic E-state index is -0.555. The molecule has 1 amide bonds. The largest absolute Gasteiger partial charge is 0.357 e. The maximum Gasteiger partial charge on any atom is 0.227 e. The number of aliphatic imine (C=N–C) groups is 1. The van der Waals surface area contributed by atoms with Gasteiger partial charge in [-0.2, -0.15) is 0 Å². The molecule has 3 N–H and O–H groups in total. The van der Waals surface area contributed by atoms with E-state index >= 15 is 0 Å². The number of benzene rings is 2. The van der Waals surface area contributed by atoms with Gasteiger partial charge in [-0.25, -0.2) is 0 Å². The van der Waals surface area contributed by atoms with Crippen molar-refractivity contribution in [3.63, 3.8) is 0 Å². The third-order valence-electron chi connectivity index (χ3n) is 4.57. The second-order valence-corrected chi connectivity index (χ2v) is 7.37. The standard InChI is InChI=1S/C22H32N4O.HI/c1-6-23-20(27)22(4,5)15-25-21(24-7-2)26-16(3)18-14-10-12-17-11-8-9-13-19(17)18;/h8-14,16H,6-7,15H2,1-5H3,(H,23,27)(H2,24,25,26);1H. The van der Waals surface area contributed by atoms with Gasteiger partial charge >= 0.3 is 0 Å². The van der Waals surface area contributed by atoms with Crippen molar-refractivity contribution in [2.45, 2.75) is 40.7 Å². The molecule has 0 heterocycles. The van der Waals surface area contributed by atoms with Gasteiger partial charge in [-0.15, -0.1) is 24.0 Å². The SMILES string of the molecule is CCNC(=O)C(C)(C)CN=C(NCC)NC(C)c1cccc2ccccc12.I. The topological polar surface area (TPSA) is 65.5 Å². The second kappa shape index (κ2) is 11.2. The molecule has 1 unspecified atom stereocenters. The van der Waals surface area contributed by atoms with Crippen molar-refractivity contribution < 1.29 is 4.79 Å². The van der Waals surface area contributed by atoms with Gasteiger partial charge in [0.05, 0.1) is 18.0 Å². The molecule has 0 fully saturated rings. The monoisotopic (exact) mass is 496 g/mol. The molecular weight excluding hydrogens is 463 g/mol. The Hall–Kier alpha value is -1.83. The van der Waals surface area contributed by atoms with Gasteiger partial charge in [0, 0.05) is 13.1 Å². The number of amides is 1. The summed E-state index contributed by atoms with van der Waals surface area (Å²) >= 11 is 0. The van der Waals surface area contributed by atoms with Gasteiger partial charge in [0.15, 0.2) is 5.96 Å². The smallest absolute Gasteiger partial charge is 0.227 e. The van der Waals surface area contributed by atoms with Crippen LogP contribution < -0.4 is 16.0 Å². The summed E-state index contributed by atoms with van der Waals surface area (Å²) in [5.41, 5.74) is 0.669. The highest BCUT2D eigenvalue weighted by Gasteiger charge is 2.27. The van der Waals surface area contributed by atoms with E-state index < -0.39 is 5.41 Å². The molecule has 0 saturated carbocycles. The number of hydrogen-bond acceptors (Lipinski definition) is 2. The average molecular weight is 496 g/mol. The molecule has 0 radical (unpaired) electrons. The Morgan fingerprint density at radius 1 is 1.04 bits per heavy atom. The number of nitrogens with one attached hydrogen (secondary N) is 3. The third-order valence-corrected chi connectivity index (χ3v) is 4.57. The van der Waals surface area contributed by atoms with Gasteiger partial charge in [-0.3, -0.25) is 9.79 Å². The maximum atomic E-state index is 12.2. The Kier molecular flexibility index (Phi) is 9.72. The molecule has 0 aliphatic carbocycles. The van der Waals surface area contributed by atoms with Crippen molar-refractivity contribution in [2.24, 2.45) is 10.4 Å². The van der Waals surface area contributed by atoms with Gasteiger partial charge in [0.25, 0.3) is 0 Å².